The van der Waals surface area contributed by atoms with Crippen LogP contribution in [-0.4, -0.2) is 33.2 Å². The van der Waals surface area contributed by atoms with Crippen molar-refractivity contribution in [2.75, 3.05) is 0 Å². The number of para-hydroxylation sites is 6. The number of hydrogen-bond acceptors (Lipinski definition) is 4. The summed E-state index contributed by atoms with van der Waals surface area (Å²) >= 11 is 2.50. The molecule has 0 bridgehead atoms. The molecule has 14 aromatic rings. The molecule has 0 amide bonds. The monoisotopic (exact) mass is 1120 g/mol. The van der Waals surface area contributed by atoms with Gasteiger partial charge in [-0.2, -0.15) is 0 Å². The van der Waals surface area contributed by atoms with Gasteiger partial charge in [0.25, 0.3) is 0 Å². The van der Waals surface area contributed by atoms with E-state index in [0.29, 0.717) is 5.75 Å². The second-order valence-electron chi connectivity index (χ2n) is 18.0. The van der Waals surface area contributed by atoms with Crippen LogP contribution < -0.4 is 4.74 Å². The zero-order valence-corrected chi connectivity index (χ0v) is 41.3. The van der Waals surface area contributed by atoms with Gasteiger partial charge in [0.1, 0.15) is 6.33 Å². The van der Waals surface area contributed by atoms with Crippen LogP contribution in [0.3, 0.4) is 0 Å². The van der Waals surface area contributed by atoms with Crippen molar-refractivity contribution >= 4 is 54.6 Å². The van der Waals surface area contributed by atoms with Gasteiger partial charge in [-0.05, 0) is 12.1 Å². The fourth-order valence-electron chi connectivity index (χ4n) is 10.7. The third kappa shape index (κ3) is 7.09. The summed E-state index contributed by atoms with van der Waals surface area (Å²) in [7, 11) is 0. The zero-order valence-electron chi connectivity index (χ0n) is 39.0. The van der Waals surface area contributed by atoms with Gasteiger partial charge in [0, 0.05) is 40.5 Å². The molecule has 0 aliphatic rings. The first-order valence-corrected chi connectivity index (χ1v) is 25.3. The summed E-state index contributed by atoms with van der Waals surface area (Å²) in [5.74, 6) is 2.20. The molecule has 0 atom stereocenters. The molecule has 0 spiro atoms. The number of rotatable bonds is 9. The van der Waals surface area contributed by atoms with E-state index in [1.54, 1.807) is 6.33 Å². The molecule has 0 saturated carbocycles. The summed E-state index contributed by atoms with van der Waals surface area (Å²) < 4.78 is 17.3. The Morgan fingerprint density at radius 1 is 0.356 bits per heavy atom. The van der Waals surface area contributed by atoms with Crippen molar-refractivity contribution in [3.63, 3.8) is 0 Å². The Morgan fingerprint density at radius 2 is 0.877 bits per heavy atom. The van der Waals surface area contributed by atoms with Gasteiger partial charge in [-0.3, -0.25) is 0 Å². The van der Waals surface area contributed by atoms with Crippen molar-refractivity contribution in [3.05, 3.63) is 253 Å². The van der Waals surface area contributed by atoms with Gasteiger partial charge in [-0.25, -0.2) is 9.97 Å². The molecule has 0 N–H and O–H groups in total. The van der Waals surface area contributed by atoms with Gasteiger partial charge < -0.3 is 4.57 Å². The maximum absolute atomic E-state index is 6.91. The van der Waals surface area contributed by atoms with Crippen LogP contribution in [-0.2, 0) is 19.4 Å². The van der Waals surface area contributed by atoms with E-state index < -0.39 is 0 Å². The molecule has 0 aliphatic carbocycles. The zero-order chi connectivity index (χ0) is 48.4. The van der Waals surface area contributed by atoms with Gasteiger partial charge in [0.05, 0.1) is 16.7 Å². The molecule has 0 aliphatic heterocycles. The molecule has 8 nitrogen and oxygen atoms in total. The molecule has 9 heteroatoms. The molecule has 0 saturated heterocycles. The molecule has 0 radical (unpaired) electrons. The average Bonchev–Trinajstić information content (AvgIpc) is 4.08. The van der Waals surface area contributed by atoms with Crippen molar-refractivity contribution in [2.24, 2.45) is 0 Å². The number of imidazole rings is 1. The van der Waals surface area contributed by atoms with Crippen LogP contribution in [0.15, 0.2) is 249 Å². The molecule has 73 heavy (non-hydrogen) atoms. The average molecular weight is 1120 g/mol. The molecular formula is C64H41N7OPt. The number of fused-ring (bicyclic) bond motifs is 7. The fourth-order valence-corrected chi connectivity index (χ4v) is 11.8. The molecule has 348 valence electrons. The van der Waals surface area contributed by atoms with Gasteiger partial charge >= 0.3 is 294 Å². The Bertz CT molecular complexity index is 4390. The summed E-state index contributed by atoms with van der Waals surface area (Å²) in [5.41, 5.74) is 15.9. The molecular weight excluding hydrogens is 1080 g/mol. The van der Waals surface area contributed by atoms with Crippen molar-refractivity contribution < 1.29 is 24.1 Å². The number of hydrogen-bond donors (Lipinski definition) is 0. The molecule has 5 heterocycles. The van der Waals surface area contributed by atoms with E-state index in [2.05, 4.69) is 266 Å². The topological polar surface area (TPSA) is 67.6 Å². The Kier molecular flexibility index (Phi) is 10.3. The van der Waals surface area contributed by atoms with Crippen molar-refractivity contribution in [2.45, 2.75) is 0 Å². The number of ether oxygens (including phenoxy) is 1. The van der Waals surface area contributed by atoms with E-state index in [-0.39, 0.29) is 0 Å². The van der Waals surface area contributed by atoms with E-state index >= 15 is 0 Å². The van der Waals surface area contributed by atoms with Crippen LogP contribution in [0.4, 0.5) is 0 Å². The SMILES string of the molecule is [Pt]=[c]1n(-c2cccc(Oc3ccc4c5ccccc5n(-c5cc(-n6c7ccccc7c7ccccc76)c(-c6cncnc6)cn5)c4c3)c2)c2ccccc2n1-c1c(-c2ccccc2)cccc1-c1ccccc1. The first-order chi connectivity index (χ1) is 36.2. The van der Waals surface area contributed by atoms with Crippen LogP contribution in [0.2, 0.25) is 0 Å². The van der Waals surface area contributed by atoms with E-state index in [1.807, 2.05) is 24.7 Å². The van der Waals surface area contributed by atoms with Crippen LogP contribution in [0, 0.1) is 3.80 Å². The van der Waals surface area contributed by atoms with Crippen molar-refractivity contribution in [3.8, 4) is 67.8 Å². The summed E-state index contributed by atoms with van der Waals surface area (Å²) in [4.78, 5) is 14.1. The van der Waals surface area contributed by atoms with Crippen LogP contribution >= 0.6 is 0 Å². The van der Waals surface area contributed by atoms with Crippen molar-refractivity contribution in [1.29, 1.82) is 0 Å². The van der Waals surface area contributed by atoms with Crippen molar-refractivity contribution in [1.82, 2.24) is 33.2 Å². The molecule has 14 rings (SSSR count). The Labute approximate surface area is 430 Å². The standard InChI is InChI=1S/C64H41N7O.Pt/c1-3-17-43(18-4-1)49-26-16-27-50(44-19-5-2-6-20-44)64(49)69-42-68(59-31-13-14-32-60(59)69)46-21-15-22-47(35-46)72-48-33-34-54-53-25-9-12-30-58(53)71(61(54)36-48)63-37-62(55(40-67-63)45-38-65-41-66-39-45)70-56-28-10-7-23-51(56)52-24-8-11-29-57(52)70;/h1-41H;. The van der Waals surface area contributed by atoms with Gasteiger partial charge in [-0.1, -0.05) is 48.5 Å². The quantitative estimate of drug-likeness (QED) is 0.144. The predicted octanol–water partition coefficient (Wildman–Crippen LogP) is 15.7. The minimum absolute atomic E-state index is 0.709. The number of benzene rings is 9. The van der Waals surface area contributed by atoms with Crippen LogP contribution in [0.1, 0.15) is 0 Å². The first-order valence-electron chi connectivity index (χ1n) is 24.1. The van der Waals surface area contributed by atoms with Gasteiger partial charge in [0.15, 0.2) is 0 Å². The minimum atomic E-state index is 0.709. The summed E-state index contributed by atoms with van der Waals surface area (Å²) in [6, 6.07) is 79.2. The second kappa shape index (κ2) is 17.6. The number of aromatic nitrogens is 7. The summed E-state index contributed by atoms with van der Waals surface area (Å²) in [5, 5.41) is 4.58. The van der Waals surface area contributed by atoms with E-state index in [9.17, 15) is 0 Å². The summed E-state index contributed by atoms with van der Waals surface area (Å²) in [6.45, 7) is 0. The third-order valence-corrected chi connectivity index (χ3v) is 14.9. The molecule has 5 aromatic heterocycles. The third-order valence-electron chi connectivity index (χ3n) is 13.9. The number of pyridine rings is 1. The van der Waals surface area contributed by atoms with Crippen LogP contribution in [0.25, 0.3) is 111 Å². The first kappa shape index (κ1) is 42.6. The van der Waals surface area contributed by atoms with Gasteiger partial charge in [0.2, 0.25) is 0 Å². The summed E-state index contributed by atoms with van der Waals surface area (Å²) in [6.07, 6.45) is 7.22. The molecule has 0 fully saturated rings. The Hall–Kier alpha value is -9.23. The normalized spacial score (nSPS) is 11.6. The second-order valence-corrected chi connectivity index (χ2v) is 19.0. The number of nitrogens with zero attached hydrogens (tertiary/aromatic N) is 7. The predicted molar refractivity (Wildman–Crippen MR) is 291 cm³/mol. The molecule has 0 unspecified atom stereocenters. The maximum atomic E-state index is 6.91. The van der Waals surface area contributed by atoms with E-state index in [4.69, 9.17) is 9.72 Å². The molecule has 9 aromatic carbocycles. The van der Waals surface area contributed by atoms with Gasteiger partial charge in [-0.15, -0.1) is 0 Å². The van der Waals surface area contributed by atoms with E-state index in [0.717, 1.165) is 110 Å². The van der Waals surface area contributed by atoms with E-state index in [1.165, 1.54) is 10.8 Å². The fraction of sp³-hybridized carbons (Fsp3) is 0. The Balaban J connectivity index is 0.907. The van der Waals surface area contributed by atoms with Crippen LogP contribution in [0.5, 0.6) is 11.5 Å². The Morgan fingerprint density at radius 3 is 1.51 bits per heavy atom.